The van der Waals surface area contributed by atoms with Crippen LogP contribution in [0.5, 0.6) is 0 Å². The van der Waals surface area contributed by atoms with E-state index >= 15 is 0 Å². The predicted molar refractivity (Wildman–Crippen MR) is 102 cm³/mol. The highest BCUT2D eigenvalue weighted by molar-refractivity contribution is 8.06. The molecule has 1 fully saturated rings. The molecule has 1 aromatic heterocycles. The molecule has 3 rings (SSSR count). The lowest BCUT2D eigenvalue weighted by atomic mass is 10.1. The van der Waals surface area contributed by atoms with Gasteiger partial charge in [0.1, 0.15) is 0 Å². The molecule has 3 nitrogen and oxygen atoms in total. The van der Waals surface area contributed by atoms with Crippen LogP contribution in [0.15, 0.2) is 28.6 Å². The van der Waals surface area contributed by atoms with Gasteiger partial charge in [0, 0.05) is 11.7 Å². The SMILES string of the molecule is CC(=O)N1C(C(C)C)SC(C)(C)C1Sc1nc2ccccc2s1. The second-order valence-corrected chi connectivity index (χ2v) is 10.8. The van der Waals surface area contributed by atoms with Crippen LogP contribution in [0.1, 0.15) is 34.6 Å². The van der Waals surface area contributed by atoms with Gasteiger partial charge in [0.25, 0.3) is 0 Å². The van der Waals surface area contributed by atoms with Crippen molar-refractivity contribution in [2.45, 2.75) is 54.5 Å². The Labute approximate surface area is 150 Å². The highest BCUT2D eigenvalue weighted by Gasteiger charge is 2.50. The first-order chi connectivity index (χ1) is 10.8. The van der Waals surface area contributed by atoms with Crippen molar-refractivity contribution < 1.29 is 4.79 Å². The maximum Gasteiger partial charge on any atom is 0.221 e. The second kappa shape index (κ2) is 6.30. The van der Waals surface area contributed by atoms with E-state index in [-0.39, 0.29) is 21.4 Å². The maximum absolute atomic E-state index is 12.3. The molecule has 0 aliphatic carbocycles. The van der Waals surface area contributed by atoms with Gasteiger partial charge < -0.3 is 4.90 Å². The molecule has 2 unspecified atom stereocenters. The van der Waals surface area contributed by atoms with Gasteiger partial charge in [0.15, 0.2) is 4.34 Å². The molecule has 1 saturated heterocycles. The van der Waals surface area contributed by atoms with Crippen molar-refractivity contribution in [1.82, 2.24) is 9.88 Å². The Morgan fingerprint density at radius 1 is 1.35 bits per heavy atom. The van der Waals surface area contributed by atoms with E-state index < -0.39 is 0 Å². The number of aromatic nitrogens is 1. The minimum absolute atomic E-state index is 0.00310. The molecule has 1 aromatic carbocycles. The summed E-state index contributed by atoms with van der Waals surface area (Å²) in [5, 5.41) is 0.340. The molecule has 0 bridgehead atoms. The van der Waals surface area contributed by atoms with Crippen LogP contribution < -0.4 is 0 Å². The van der Waals surface area contributed by atoms with E-state index in [9.17, 15) is 4.79 Å². The van der Waals surface area contributed by atoms with Gasteiger partial charge in [0.2, 0.25) is 5.91 Å². The Kier molecular flexibility index (Phi) is 4.69. The molecule has 1 aliphatic rings. The number of rotatable bonds is 3. The Morgan fingerprint density at radius 3 is 2.65 bits per heavy atom. The number of carbonyl (C=O) groups excluding carboxylic acids is 1. The third-order valence-corrected chi connectivity index (χ3v) is 8.66. The molecule has 124 valence electrons. The summed E-state index contributed by atoms with van der Waals surface area (Å²) >= 11 is 5.35. The molecule has 0 spiro atoms. The number of amides is 1. The molecule has 0 saturated carbocycles. The van der Waals surface area contributed by atoms with E-state index in [0.29, 0.717) is 5.92 Å². The zero-order valence-electron chi connectivity index (χ0n) is 14.1. The van der Waals surface area contributed by atoms with E-state index in [1.54, 1.807) is 30.0 Å². The Balaban J connectivity index is 1.93. The lowest BCUT2D eigenvalue weighted by Crippen LogP contribution is -2.44. The fourth-order valence-electron chi connectivity index (χ4n) is 2.89. The fraction of sp³-hybridized carbons (Fsp3) is 0.529. The zero-order valence-corrected chi connectivity index (χ0v) is 16.5. The van der Waals surface area contributed by atoms with Crippen molar-refractivity contribution in [3.63, 3.8) is 0 Å². The molecule has 23 heavy (non-hydrogen) atoms. The number of thiazole rings is 1. The molecule has 0 radical (unpaired) electrons. The Morgan fingerprint density at radius 2 is 2.04 bits per heavy atom. The topological polar surface area (TPSA) is 33.2 Å². The van der Waals surface area contributed by atoms with Crippen LogP contribution in [-0.4, -0.2) is 31.3 Å². The number of para-hydroxylation sites is 1. The van der Waals surface area contributed by atoms with Gasteiger partial charge in [-0.2, -0.15) is 0 Å². The van der Waals surface area contributed by atoms with Crippen LogP contribution in [-0.2, 0) is 4.79 Å². The zero-order chi connectivity index (χ0) is 16.8. The van der Waals surface area contributed by atoms with E-state index in [4.69, 9.17) is 4.98 Å². The van der Waals surface area contributed by atoms with Crippen molar-refractivity contribution in [3.8, 4) is 0 Å². The van der Waals surface area contributed by atoms with Crippen LogP contribution in [0.2, 0.25) is 0 Å². The van der Waals surface area contributed by atoms with Crippen LogP contribution in [0, 0.1) is 5.92 Å². The van der Waals surface area contributed by atoms with Crippen LogP contribution in [0.3, 0.4) is 0 Å². The number of carbonyl (C=O) groups is 1. The number of benzene rings is 1. The van der Waals surface area contributed by atoms with E-state index in [1.165, 1.54) is 4.70 Å². The highest BCUT2D eigenvalue weighted by Crippen LogP contribution is 2.52. The summed E-state index contributed by atoms with van der Waals surface area (Å²) in [4.78, 5) is 19.1. The van der Waals surface area contributed by atoms with Crippen molar-refractivity contribution in [2.75, 3.05) is 0 Å². The number of thioether (sulfide) groups is 2. The van der Waals surface area contributed by atoms with E-state index in [0.717, 1.165) is 9.86 Å². The summed E-state index contributed by atoms with van der Waals surface area (Å²) in [6.45, 7) is 10.5. The molecule has 2 atom stereocenters. The molecular formula is C17H22N2OS3. The van der Waals surface area contributed by atoms with Crippen LogP contribution in [0.4, 0.5) is 0 Å². The summed E-state index contributed by atoms with van der Waals surface area (Å²) in [7, 11) is 0. The number of hydrogen-bond donors (Lipinski definition) is 0. The van der Waals surface area contributed by atoms with Gasteiger partial charge >= 0.3 is 0 Å². The quantitative estimate of drug-likeness (QED) is 0.759. The van der Waals surface area contributed by atoms with Gasteiger partial charge in [-0.1, -0.05) is 37.7 Å². The number of nitrogens with zero attached hydrogens (tertiary/aromatic N) is 2. The molecular weight excluding hydrogens is 344 g/mol. The first-order valence-corrected chi connectivity index (χ1v) is 10.4. The largest absolute Gasteiger partial charge is 0.317 e. The predicted octanol–water partition coefficient (Wildman–Crippen LogP) is 5.07. The summed E-state index contributed by atoms with van der Waals surface area (Å²) < 4.78 is 2.25. The summed E-state index contributed by atoms with van der Waals surface area (Å²) in [5.41, 5.74) is 1.04. The van der Waals surface area contributed by atoms with Crippen molar-refractivity contribution in [3.05, 3.63) is 24.3 Å². The first-order valence-electron chi connectivity index (χ1n) is 7.78. The van der Waals surface area contributed by atoms with Crippen molar-refractivity contribution in [1.29, 1.82) is 0 Å². The third-order valence-electron chi connectivity index (χ3n) is 3.97. The summed E-state index contributed by atoms with van der Waals surface area (Å²) in [6.07, 6.45) is 0. The van der Waals surface area contributed by atoms with Gasteiger partial charge in [-0.15, -0.1) is 23.1 Å². The van der Waals surface area contributed by atoms with Gasteiger partial charge in [-0.25, -0.2) is 4.98 Å². The Bertz CT molecular complexity index is 692. The minimum Gasteiger partial charge on any atom is -0.317 e. The molecule has 2 heterocycles. The lowest BCUT2D eigenvalue weighted by molar-refractivity contribution is -0.130. The van der Waals surface area contributed by atoms with Crippen molar-refractivity contribution >= 4 is 51.0 Å². The first kappa shape index (κ1) is 17.1. The van der Waals surface area contributed by atoms with E-state index in [1.807, 2.05) is 30.0 Å². The smallest absolute Gasteiger partial charge is 0.221 e. The van der Waals surface area contributed by atoms with Crippen LogP contribution in [0.25, 0.3) is 10.2 Å². The number of fused-ring (bicyclic) bond motifs is 1. The van der Waals surface area contributed by atoms with Gasteiger partial charge in [0.05, 0.1) is 21.0 Å². The highest BCUT2D eigenvalue weighted by atomic mass is 32.2. The average molecular weight is 367 g/mol. The standard InChI is InChI=1S/C17H22N2OS3/c1-10(2)14-19(11(3)20)15(17(4,5)23-14)22-16-18-12-8-6-7-9-13(12)21-16/h6-10,14-15H,1-5H3. The lowest BCUT2D eigenvalue weighted by Gasteiger charge is -2.32. The third kappa shape index (κ3) is 3.26. The maximum atomic E-state index is 12.3. The molecule has 1 amide bonds. The van der Waals surface area contributed by atoms with E-state index in [2.05, 4.69) is 38.7 Å². The monoisotopic (exact) mass is 366 g/mol. The average Bonchev–Trinajstić information content (AvgIpc) is 2.98. The van der Waals surface area contributed by atoms with Crippen molar-refractivity contribution in [2.24, 2.45) is 5.92 Å². The summed E-state index contributed by atoms with van der Waals surface area (Å²) in [5.74, 6) is 0.588. The number of hydrogen-bond acceptors (Lipinski definition) is 5. The molecule has 1 aliphatic heterocycles. The van der Waals surface area contributed by atoms with Crippen LogP contribution >= 0.6 is 34.9 Å². The second-order valence-electron chi connectivity index (χ2n) is 6.70. The van der Waals surface area contributed by atoms with Gasteiger partial charge in [-0.3, -0.25) is 4.79 Å². The molecule has 6 heteroatoms. The molecule has 0 N–H and O–H groups in total. The minimum atomic E-state index is 0.00310. The summed E-state index contributed by atoms with van der Waals surface area (Å²) in [6, 6.07) is 8.21. The normalized spacial score (nSPS) is 23.8. The van der Waals surface area contributed by atoms with Gasteiger partial charge in [-0.05, 0) is 31.9 Å². The molecule has 2 aromatic rings. The Hall–Kier alpha value is -0.720. The fourth-order valence-corrected chi connectivity index (χ4v) is 7.24.